The molecule has 11 rings (SSSR count). The lowest BCUT2D eigenvalue weighted by atomic mass is 10.1. The highest BCUT2D eigenvalue weighted by molar-refractivity contribution is 6.12. The fraction of sp³-hybridized carbons (Fsp3) is 0. The Morgan fingerprint density at radius 2 is 0.902 bits per heavy atom. The van der Waals surface area contributed by atoms with Gasteiger partial charge in [-0.1, -0.05) is 109 Å². The topological polar surface area (TPSA) is 61.7 Å². The minimum absolute atomic E-state index is 0.555. The Hall–Kier alpha value is -7.05. The summed E-state index contributed by atoms with van der Waals surface area (Å²) >= 11 is 0. The van der Waals surface area contributed by atoms with Gasteiger partial charge in [0.15, 0.2) is 11.6 Å². The molecule has 0 bridgehead atoms. The first kappa shape index (κ1) is 27.9. The number of aromatic nitrogens is 5. The van der Waals surface area contributed by atoms with Gasteiger partial charge in [-0.3, -0.25) is 4.57 Å². The first-order valence-corrected chi connectivity index (χ1v) is 17.0. The standard InChI is InChI=1S/C45H27N5O/c1-2-12-28(13-3-1)43-46-44(29-22-24-35-34-17-7-11-21-41(34)51-42(35)26-29)48-45(47-43)50-39-20-10-6-16-33(39)36-27-30(23-25-40(36)50)49-37-18-8-4-14-31(37)32-15-5-9-19-38(32)49/h1-27H. The number of hydrogen-bond acceptors (Lipinski definition) is 4. The molecule has 4 aromatic heterocycles. The van der Waals surface area contributed by atoms with Crippen molar-refractivity contribution in [2.45, 2.75) is 0 Å². The summed E-state index contributed by atoms with van der Waals surface area (Å²) in [4.78, 5) is 15.3. The number of hydrogen-bond donors (Lipinski definition) is 0. The molecule has 238 valence electrons. The third kappa shape index (κ3) is 4.20. The normalized spacial score (nSPS) is 11.9. The molecule has 11 aromatic rings. The maximum Gasteiger partial charge on any atom is 0.238 e. The number of fused-ring (bicyclic) bond motifs is 9. The molecule has 6 heteroatoms. The van der Waals surface area contributed by atoms with E-state index in [0.717, 1.165) is 60.6 Å². The Morgan fingerprint density at radius 1 is 0.353 bits per heavy atom. The van der Waals surface area contributed by atoms with Crippen LogP contribution in [0.1, 0.15) is 0 Å². The summed E-state index contributed by atoms with van der Waals surface area (Å²) in [5, 5.41) is 6.88. The van der Waals surface area contributed by atoms with Gasteiger partial charge in [-0.2, -0.15) is 9.97 Å². The number of nitrogens with zero attached hydrogens (tertiary/aromatic N) is 5. The molecule has 51 heavy (non-hydrogen) atoms. The zero-order chi connectivity index (χ0) is 33.5. The van der Waals surface area contributed by atoms with Crippen molar-refractivity contribution in [2.24, 2.45) is 0 Å². The first-order chi connectivity index (χ1) is 25.3. The Balaban J connectivity index is 1.16. The number of rotatable bonds is 4. The van der Waals surface area contributed by atoms with E-state index in [0.29, 0.717) is 17.6 Å². The summed E-state index contributed by atoms with van der Waals surface area (Å²) in [6, 6.07) is 56.8. The minimum atomic E-state index is 0.555. The van der Waals surface area contributed by atoms with E-state index < -0.39 is 0 Å². The highest BCUT2D eigenvalue weighted by Gasteiger charge is 2.20. The van der Waals surface area contributed by atoms with Crippen molar-refractivity contribution in [3.63, 3.8) is 0 Å². The van der Waals surface area contributed by atoms with Gasteiger partial charge in [-0.05, 0) is 54.6 Å². The molecule has 0 radical (unpaired) electrons. The summed E-state index contributed by atoms with van der Waals surface area (Å²) in [5.74, 6) is 1.74. The lowest BCUT2D eigenvalue weighted by Crippen LogP contribution is -2.06. The predicted molar refractivity (Wildman–Crippen MR) is 207 cm³/mol. The second kappa shape index (κ2) is 10.7. The van der Waals surface area contributed by atoms with Gasteiger partial charge >= 0.3 is 0 Å². The van der Waals surface area contributed by atoms with Crippen LogP contribution in [0.15, 0.2) is 168 Å². The Bertz CT molecular complexity index is 3100. The molecule has 0 fully saturated rings. The van der Waals surface area contributed by atoms with Gasteiger partial charge in [0.05, 0.1) is 22.1 Å². The van der Waals surface area contributed by atoms with Gasteiger partial charge in [0.25, 0.3) is 0 Å². The average molecular weight is 654 g/mol. The van der Waals surface area contributed by atoms with Gasteiger partial charge in [0.1, 0.15) is 11.2 Å². The van der Waals surface area contributed by atoms with Gasteiger partial charge < -0.3 is 8.98 Å². The van der Waals surface area contributed by atoms with Crippen LogP contribution in [0.25, 0.3) is 100.0 Å². The van der Waals surface area contributed by atoms with E-state index in [2.05, 4.69) is 118 Å². The molecule has 7 aromatic carbocycles. The van der Waals surface area contributed by atoms with Crippen LogP contribution in [0.5, 0.6) is 0 Å². The molecule has 0 unspecified atom stereocenters. The zero-order valence-corrected chi connectivity index (χ0v) is 27.2. The molecule has 0 saturated heterocycles. The van der Waals surface area contributed by atoms with Gasteiger partial charge in [0, 0.05) is 49.1 Å². The monoisotopic (exact) mass is 653 g/mol. The summed E-state index contributed by atoms with van der Waals surface area (Å²) < 4.78 is 10.8. The molecule has 4 heterocycles. The molecule has 0 amide bonds. The van der Waals surface area contributed by atoms with E-state index in [9.17, 15) is 0 Å². The molecule has 6 nitrogen and oxygen atoms in total. The first-order valence-electron chi connectivity index (χ1n) is 17.0. The summed E-state index contributed by atoms with van der Waals surface area (Å²) in [5.41, 5.74) is 8.93. The van der Waals surface area contributed by atoms with Crippen LogP contribution in [0, 0.1) is 0 Å². The highest BCUT2D eigenvalue weighted by Crippen LogP contribution is 2.37. The van der Waals surface area contributed by atoms with Crippen molar-refractivity contribution in [1.29, 1.82) is 0 Å². The molecule has 0 atom stereocenters. The third-order valence-corrected chi connectivity index (χ3v) is 9.99. The molecule has 0 spiro atoms. The number of benzene rings is 7. The molecule has 0 N–H and O–H groups in total. The summed E-state index contributed by atoms with van der Waals surface area (Å²) in [7, 11) is 0. The van der Waals surface area contributed by atoms with Crippen LogP contribution >= 0.6 is 0 Å². The van der Waals surface area contributed by atoms with Crippen molar-refractivity contribution >= 4 is 65.6 Å². The Kier molecular flexibility index (Phi) is 5.86. The summed E-state index contributed by atoms with van der Waals surface area (Å²) in [6.45, 7) is 0. The van der Waals surface area contributed by atoms with E-state index in [1.165, 1.54) is 21.8 Å². The molecule has 0 saturated carbocycles. The van der Waals surface area contributed by atoms with E-state index in [4.69, 9.17) is 19.4 Å². The molecule has 0 aliphatic heterocycles. The van der Waals surface area contributed by atoms with Gasteiger partial charge in [-0.15, -0.1) is 0 Å². The van der Waals surface area contributed by atoms with E-state index >= 15 is 0 Å². The molecular formula is C45H27N5O. The van der Waals surface area contributed by atoms with Crippen molar-refractivity contribution in [3.8, 4) is 34.4 Å². The van der Waals surface area contributed by atoms with Crippen molar-refractivity contribution < 1.29 is 4.42 Å². The quantitative estimate of drug-likeness (QED) is 0.190. The summed E-state index contributed by atoms with van der Waals surface area (Å²) in [6.07, 6.45) is 0. The minimum Gasteiger partial charge on any atom is -0.456 e. The van der Waals surface area contributed by atoms with Gasteiger partial charge in [-0.25, -0.2) is 4.98 Å². The molecule has 0 aliphatic rings. The largest absolute Gasteiger partial charge is 0.456 e. The number of furan rings is 1. The molecule has 0 aliphatic carbocycles. The smallest absolute Gasteiger partial charge is 0.238 e. The van der Waals surface area contributed by atoms with Crippen LogP contribution in [-0.2, 0) is 0 Å². The third-order valence-electron chi connectivity index (χ3n) is 9.99. The van der Waals surface area contributed by atoms with E-state index in [1.54, 1.807) is 0 Å². The lowest BCUT2D eigenvalue weighted by Gasteiger charge is -2.11. The molecular weight excluding hydrogens is 627 g/mol. The van der Waals surface area contributed by atoms with E-state index in [1.807, 2.05) is 54.6 Å². The zero-order valence-electron chi connectivity index (χ0n) is 27.2. The van der Waals surface area contributed by atoms with Crippen LogP contribution < -0.4 is 0 Å². The maximum absolute atomic E-state index is 6.26. The van der Waals surface area contributed by atoms with Crippen LogP contribution in [0.2, 0.25) is 0 Å². The maximum atomic E-state index is 6.26. The highest BCUT2D eigenvalue weighted by atomic mass is 16.3. The fourth-order valence-corrected chi connectivity index (χ4v) is 7.69. The van der Waals surface area contributed by atoms with Crippen molar-refractivity contribution in [3.05, 3.63) is 164 Å². The second-order valence-corrected chi connectivity index (χ2v) is 12.9. The van der Waals surface area contributed by atoms with Gasteiger partial charge in [0.2, 0.25) is 5.95 Å². The predicted octanol–water partition coefficient (Wildman–Crippen LogP) is 11.3. The Labute approximate surface area is 291 Å². The van der Waals surface area contributed by atoms with E-state index in [-0.39, 0.29) is 0 Å². The number of para-hydroxylation sites is 4. The van der Waals surface area contributed by atoms with Crippen LogP contribution in [0.4, 0.5) is 0 Å². The Morgan fingerprint density at radius 3 is 1.63 bits per heavy atom. The van der Waals surface area contributed by atoms with Crippen LogP contribution in [-0.4, -0.2) is 24.1 Å². The lowest BCUT2D eigenvalue weighted by molar-refractivity contribution is 0.669. The SMILES string of the molecule is c1ccc(-c2nc(-c3ccc4c(c3)oc3ccccc34)nc(-n3c4ccccc4c4cc(-n5c6ccccc6c6ccccc65)ccc43)n2)cc1. The average Bonchev–Trinajstić information content (AvgIpc) is 3.85. The second-order valence-electron chi connectivity index (χ2n) is 12.9. The van der Waals surface area contributed by atoms with Crippen molar-refractivity contribution in [2.75, 3.05) is 0 Å². The fourth-order valence-electron chi connectivity index (χ4n) is 7.69. The van der Waals surface area contributed by atoms with Crippen LogP contribution in [0.3, 0.4) is 0 Å². The van der Waals surface area contributed by atoms with Crippen molar-refractivity contribution in [1.82, 2.24) is 24.1 Å².